The summed E-state index contributed by atoms with van der Waals surface area (Å²) in [7, 11) is 0. The van der Waals surface area contributed by atoms with E-state index in [-0.39, 0.29) is 6.61 Å². The fraction of sp³-hybridized carbons (Fsp3) is 0.130. The molecule has 0 atom stereocenters. The lowest BCUT2D eigenvalue weighted by atomic mass is 10.2. The van der Waals surface area contributed by atoms with Gasteiger partial charge in [0, 0.05) is 11.3 Å². The van der Waals surface area contributed by atoms with E-state index < -0.39 is 5.82 Å². The predicted octanol–water partition coefficient (Wildman–Crippen LogP) is 5.78. The normalized spacial score (nSPS) is 10.7. The lowest BCUT2D eigenvalue weighted by Crippen LogP contribution is -2.23. The lowest BCUT2D eigenvalue weighted by molar-refractivity contribution is 0.266. The Balaban J connectivity index is 1.64. The van der Waals surface area contributed by atoms with Crippen LogP contribution in [-0.2, 0) is 6.61 Å². The van der Waals surface area contributed by atoms with Gasteiger partial charge in [-0.1, -0.05) is 35.9 Å². The van der Waals surface area contributed by atoms with Crippen LogP contribution < -0.4 is 20.2 Å². The number of thiocarbonyl (C=S) groups is 1. The van der Waals surface area contributed by atoms with Crippen LogP contribution in [0.15, 0.2) is 71.8 Å². The number of benzene rings is 3. The van der Waals surface area contributed by atoms with Crippen molar-refractivity contribution in [1.29, 1.82) is 0 Å². The number of para-hydroxylation sites is 1. The number of hydrazone groups is 1. The predicted molar refractivity (Wildman–Crippen MR) is 127 cm³/mol. The molecule has 3 rings (SSSR count). The highest BCUT2D eigenvalue weighted by Gasteiger charge is 2.11. The molecule has 8 heteroatoms. The number of hydrogen-bond donors (Lipinski definition) is 2. The number of nitrogens with zero attached hydrogens (tertiary/aromatic N) is 1. The summed E-state index contributed by atoms with van der Waals surface area (Å²) >= 11 is 11.3. The monoisotopic (exact) mass is 457 g/mol. The van der Waals surface area contributed by atoms with Crippen molar-refractivity contribution < 1.29 is 13.9 Å². The molecule has 0 aliphatic heterocycles. The first-order valence-electron chi connectivity index (χ1n) is 9.54. The minimum absolute atomic E-state index is 0.0139. The number of ether oxygens (including phenoxy) is 2. The van der Waals surface area contributed by atoms with Crippen LogP contribution in [0.2, 0.25) is 5.02 Å². The Hall–Kier alpha value is -3.16. The van der Waals surface area contributed by atoms with Crippen LogP contribution in [0.5, 0.6) is 11.5 Å². The molecule has 5 nitrogen and oxygen atoms in total. The Morgan fingerprint density at radius 1 is 1.06 bits per heavy atom. The minimum atomic E-state index is -0.416. The molecule has 0 saturated carbocycles. The van der Waals surface area contributed by atoms with E-state index in [4.69, 9.17) is 33.3 Å². The van der Waals surface area contributed by atoms with Gasteiger partial charge in [0.25, 0.3) is 0 Å². The molecular weight excluding hydrogens is 437 g/mol. The molecule has 0 aliphatic rings. The fourth-order valence-electron chi connectivity index (χ4n) is 2.66. The molecule has 0 amide bonds. The Morgan fingerprint density at radius 2 is 1.87 bits per heavy atom. The van der Waals surface area contributed by atoms with Crippen molar-refractivity contribution in [1.82, 2.24) is 5.43 Å². The zero-order chi connectivity index (χ0) is 22.1. The van der Waals surface area contributed by atoms with Crippen LogP contribution in [0.1, 0.15) is 18.1 Å². The van der Waals surface area contributed by atoms with Gasteiger partial charge >= 0.3 is 0 Å². The van der Waals surface area contributed by atoms with E-state index in [9.17, 15) is 4.39 Å². The average Bonchev–Trinajstić information content (AvgIpc) is 2.75. The molecule has 0 aromatic heterocycles. The largest absolute Gasteiger partial charge is 0.490 e. The van der Waals surface area contributed by atoms with Crippen molar-refractivity contribution in [3.8, 4) is 11.5 Å². The number of hydrogen-bond acceptors (Lipinski definition) is 4. The van der Waals surface area contributed by atoms with Crippen LogP contribution in [0.25, 0.3) is 0 Å². The van der Waals surface area contributed by atoms with Crippen molar-refractivity contribution in [3.05, 3.63) is 88.7 Å². The van der Waals surface area contributed by atoms with Gasteiger partial charge in [0.1, 0.15) is 12.4 Å². The molecule has 0 heterocycles. The second-order valence-corrected chi connectivity index (χ2v) is 7.13. The zero-order valence-corrected chi connectivity index (χ0v) is 18.3. The maximum absolute atomic E-state index is 14.0. The fourth-order valence-corrected chi connectivity index (χ4v) is 3.05. The number of anilines is 1. The smallest absolute Gasteiger partial charge is 0.191 e. The van der Waals surface area contributed by atoms with Gasteiger partial charge in [0.15, 0.2) is 16.6 Å². The van der Waals surface area contributed by atoms with Crippen molar-refractivity contribution in [2.45, 2.75) is 13.5 Å². The van der Waals surface area contributed by atoms with Crippen molar-refractivity contribution in [3.63, 3.8) is 0 Å². The summed E-state index contributed by atoms with van der Waals surface area (Å²) in [4.78, 5) is 0. The molecule has 0 bridgehead atoms. The molecule has 160 valence electrons. The summed E-state index contributed by atoms with van der Waals surface area (Å²) in [5.74, 6) is 0.580. The Kier molecular flexibility index (Phi) is 8.20. The first-order valence-corrected chi connectivity index (χ1v) is 10.3. The van der Waals surface area contributed by atoms with Crippen molar-refractivity contribution in [2.24, 2.45) is 5.10 Å². The average molecular weight is 458 g/mol. The second kappa shape index (κ2) is 11.3. The maximum atomic E-state index is 14.0. The molecule has 0 fully saturated rings. The first kappa shape index (κ1) is 22.5. The van der Waals surface area contributed by atoms with Crippen LogP contribution in [0.4, 0.5) is 10.1 Å². The highest BCUT2D eigenvalue weighted by molar-refractivity contribution is 7.80. The van der Waals surface area contributed by atoms with E-state index in [0.717, 1.165) is 11.3 Å². The van der Waals surface area contributed by atoms with Gasteiger partial charge in [-0.15, -0.1) is 0 Å². The second-order valence-electron chi connectivity index (χ2n) is 6.32. The van der Waals surface area contributed by atoms with Crippen LogP contribution in [0.3, 0.4) is 0 Å². The summed E-state index contributed by atoms with van der Waals surface area (Å²) < 4.78 is 25.4. The Labute approximate surface area is 190 Å². The third-order valence-electron chi connectivity index (χ3n) is 4.11. The highest BCUT2D eigenvalue weighted by Crippen LogP contribution is 2.30. The van der Waals surface area contributed by atoms with E-state index in [1.165, 1.54) is 6.07 Å². The van der Waals surface area contributed by atoms with Crippen molar-refractivity contribution in [2.75, 3.05) is 11.9 Å². The Morgan fingerprint density at radius 3 is 2.61 bits per heavy atom. The molecule has 3 aromatic rings. The van der Waals surface area contributed by atoms with Crippen LogP contribution in [0, 0.1) is 5.82 Å². The van der Waals surface area contributed by atoms with Gasteiger partial charge in [-0.2, -0.15) is 5.10 Å². The van der Waals surface area contributed by atoms with E-state index in [1.807, 2.05) is 37.3 Å². The zero-order valence-electron chi connectivity index (χ0n) is 16.8. The topological polar surface area (TPSA) is 54.9 Å². The van der Waals surface area contributed by atoms with Gasteiger partial charge in [-0.25, -0.2) is 4.39 Å². The summed E-state index contributed by atoms with van der Waals surface area (Å²) in [6, 6.07) is 19.4. The van der Waals surface area contributed by atoms with Crippen LogP contribution in [-0.4, -0.2) is 17.9 Å². The molecule has 0 saturated heterocycles. The number of halogens is 2. The molecule has 0 spiro atoms. The van der Waals surface area contributed by atoms with Crippen molar-refractivity contribution >= 4 is 40.8 Å². The summed E-state index contributed by atoms with van der Waals surface area (Å²) in [6.07, 6.45) is 1.61. The van der Waals surface area contributed by atoms with Gasteiger partial charge in [-0.3, -0.25) is 5.43 Å². The summed E-state index contributed by atoms with van der Waals surface area (Å²) in [5, 5.41) is 7.86. The van der Waals surface area contributed by atoms with E-state index in [1.54, 1.807) is 36.5 Å². The maximum Gasteiger partial charge on any atom is 0.191 e. The van der Waals surface area contributed by atoms with Gasteiger partial charge in [0.05, 0.1) is 17.8 Å². The molecule has 2 N–H and O–H groups in total. The van der Waals surface area contributed by atoms with Crippen LogP contribution >= 0.6 is 23.8 Å². The van der Waals surface area contributed by atoms with Gasteiger partial charge in [0.2, 0.25) is 0 Å². The van der Waals surface area contributed by atoms with E-state index >= 15 is 0 Å². The standard InChI is InChI=1S/C23H21ClFN3O2S/c1-2-29-22-13-16(14-26-28-23(31)27-17-7-4-3-5-8-17)11-12-21(22)30-15-18-19(24)9-6-10-20(18)25/h3-14H,2,15H2,1H3,(H2,27,28,31)/b26-14-. The minimum Gasteiger partial charge on any atom is -0.490 e. The molecule has 31 heavy (non-hydrogen) atoms. The molecule has 3 aromatic carbocycles. The SMILES string of the molecule is CCOc1cc(/C=N\NC(=S)Nc2ccccc2)ccc1OCc1c(F)cccc1Cl. The van der Waals surface area contributed by atoms with Gasteiger partial charge < -0.3 is 14.8 Å². The third-order valence-corrected chi connectivity index (χ3v) is 4.66. The molecule has 0 unspecified atom stereocenters. The van der Waals surface area contributed by atoms with E-state index in [0.29, 0.717) is 33.8 Å². The molecular formula is C23H21ClFN3O2S. The lowest BCUT2D eigenvalue weighted by Gasteiger charge is -2.13. The highest BCUT2D eigenvalue weighted by atomic mass is 35.5. The molecule has 0 aliphatic carbocycles. The van der Waals surface area contributed by atoms with Gasteiger partial charge in [-0.05, 0) is 67.2 Å². The number of rotatable bonds is 8. The third kappa shape index (κ3) is 6.67. The summed E-state index contributed by atoms with van der Waals surface area (Å²) in [6.45, 7) is 2.30. The van der Waals surface area contributed by atoms with E-state index in [2.05, 4.69) is 15.8 Å². The Bertz CT molecular complexity index is 1040. The first-order chi connectivity index (χ1) is 15.1. The molecule has 0 radical (unpaired) electrons. The number of nitrogens with one attached hydrogen (secondary N) is 2. The quantitative estimate of drug-likeness (QED) is 0.255. The summed E-state index contributed by atoms with van der Waals surface area (Å²) in [5.41, 5.74) is 4.70.